The monoisotopic (exact) mass is 352 g/mol. The molecular weight excluding hydrogens is 328 g/mol. The molecule has 2 rings (SSSR count). The van der Waals surface area contributed by atoms with Crippen LogP contribution in [0.3, 0.4) is 0 Å². The number of nitriles is 1. The van der Waals surface area contributed by atoms with Gasteiger partial charge in [-0.15, -0.1) is 0 Å². The summed E-state index contributed by atoms with van der Waals surface area (Å²) in [6.07, 6.45) is 0.408. The Morgan fingerprint density at radius 3 is 2.19 bits per heavy atom. The van der Waals surface area contributed by atoms with Crippen LogP contribution in [0.1, 0.15) is 37.5 Å². The number of hydrogen-bond acceptors (Lipinski definition) is 5. The third-order valence-electron chi connectivity index (χ3n) is 3.58. The summed E-state index contributed by atoms with van der Waals surface area (Å²) < 4.78 is 11.0. The molecule has 0 saturated carbocycles. The molecule has 2 N–H and O–H groups in total. The lowest BCUT2D eigenvalue weighted by Crippen LogP contribution is -2.38. The molecule has 0 bridgehead atoms. The molecule has 5 heteroatoms. The van der Waals surface area contributed by atoms with E-state index in [1.165, 1.54) is 0 Å². The van der Waals surface area contributed by atoms with E-state index in [0.717, 1.165) is 16.9 Å². The van der Waals surface area contributed by atoms with Gasteiger partial charge in [0.05, 0.1) is 11.6 Å². The van der Waals surface area contributed by atoms with Crippen LogP contribution >= 0.6 is 0 Å². The Morgan fingerprint density at radius 2 is 1.65 bits per heavy atom. The van der Waals surface area contributed by atoms with E-state index in [4.69, 9.17) is 20.5 Å². The first-order valence-electron chi connectivity index (χ1n) is 8.46. The lowest BCUT2D eigenvalue weighted by Gasteiger charge is -2.22. The predicted molar refractivity (Wildman–Crippen MR) is 99.5 cm³/mol. The number of rotatable bonds is 6. The van der Waals surface area contributed by atoms with E-state index in [2.05, 4.69) is 6.07 Å². The summed E-state index contributed by atoms with van der Waals surface area (Å²) >= 11 is 0. The van der Waals surface area contributed by atoms with Crippen molar-refractivity contribution in [2.75, 3.05) is 0 Å². The Morgan fingerprint density at radius 1 is 1.08 bits per heavy atom. The van der Waals surface area contributed by atoms with Gasteiger partial charge < -0.3 is 15.2 Å². The molecule has 0 spiro atoms. The largest absolute Gasteiger partial charge is 0.489 e. The summed E-state index contributed by atoms with van der Waals surface area (Å²) in [6, 6.07) is 16.1. The molecule has 26 heavy (non-hydrogen) atoms. The number of hydrogen-bond donors (Lipinski definition) is 1. The summed E-state index contributed by atoms with van der Waals surface area (Å²) in [5.74, 6) is 0.322. The van der Waals surface area contributed by atoms with Crippen LogP contribution < -0.4 is 10.5 Å². The van der Waals surface area contributed by atoms with E-state index in [1.807, 2.05) is 57.2 Å². The van der Waals surface area contributed by atoms with Crippen molar-refractivity contribution in [2.45, 2.75) is 45.4 Å². The van der Waals surface area contributed by atoms with Crippen LogP contribution in [0, 0.1) is 11.3 Å². The smallest absolute Gasteiger partial charge is 0.323 e. The van der Waals surface area contributed by atoms with Crippen molar-refractivity contribution in [3.05, 3.63) is 65.2 Å². The van der Waals surface area contributed by atoms with Gasteiger partial charge in [0, 0.05) is 0 Å². The summed E-state index contributed by atoms with van der Waals surface area (Å²) in [5, 5.41) is 8.80. The molecular formula is C21H24N2O3. The van der Waals surface area contributed by atoms with Crippen LogP contribution in [0.25, 0.3) is 0 Å². The summed E-state index contributed by atoms with van der Waals surface area (Å²) in [7, 11) is 0. The first-order valence-corrected chi connectivity index (χ1v) is 8.46. The molecule has 1 atom stereocenters. The molecule has 0 aliphatic heterocycles. The quantitative estimate of drug-likeness (QED) is 0.806. The molecule has 1 unspecified atom stereocenters. The fourth-order valence-electron chi connectivity index (χ4n) is 2.28. The average molecular weight is 352 g/mol. The maximum absolute atomic E-state index is 11.9. The average Bonchev–Trinajstić information content (AvgIpc) is 2.60. The predicted octanol–water partition coefficient (Wildman–Crippen LogP) is 3.35. The van der Waals surface area contributed by atoms with Gasteiger partial charge in [0.15, 0.2) is 0 Å². The van der Waals surface area contributed by atoms with E-state index < -0.39 is 17.6 Å². The number of nitrogens with zero attached hydrogens (tertiary/aromatic N) is 1. The third kappa shape index (κ3) is 6.23. The van der Waals surface area contributed by atoms with E-state index in [-0.39, 0.29) is 0 Å². The number of esters is 1. The van der Waals surface area contributed by atoms with Crippen molar-refractivity contribution in [1.29, 1.82) is 5.26 Å². The number of ether oxygens (including phenoxy) is 2. The highest BCUT2D eigenvalue weighted by molar-refractivity contribution is 5.76. The topological polar surface area (TPSA) is 85.3 Å². The molecule has 0 saturated heterocycles. The zero-order valence-corrected chi connectivity index (χ0v) is 15.4. The van der Waals surface area contributed by atoms with Gasteiger partial charge >= 0.3 is 5.97 Å². The second-order valence-corrected chi connectivity index (χ2v) is 7.09. The van der Waals surface area contributed by atoms with Gasteiger partial charge in [0.2, 0.25) is 0 Å². The molecule has 0 fully saturated rings. The van der Waals surface area contributed by atoms with E-state index in [1.54, 1.807) is 12.1 Å². The SMILES string of the molecule is CC(C)(C)OC(=O)C(N)Cc1ccc(OCc2ccc(C#N)cc2)cc1. The van der Waals surface area contributed by atoms with Gasteiger partial charge in [-0.05, 0) is 62.6 Å². The van der Waals surface area contributed by atoms with Gasteiger partial charge in [0.1, 0.15) is 24.0 Å². The van der Waals surface area contributed by atoms with Crippen LogP contribution in [-0.2, 0) is 22.6 Å². The highest BCUT2D eigenvalue weighted by Crippen LogP contribution is 2.16. The molecule has 0 radical (unpaired) electrons. The molecule has 136 valence electrons. The molecule has 2 aromatic rings. The Labute approximate surface area is 154 Å². The van der Waals surface area contributed by atoms with E-state index in [9.17, 15) is 4.79 Å². The van der Waals surface area contributed by atoms with E-state index >= 15 is 0 Å². The van der Waals surface area contributed by atoms with Crippen LogP contribution in [0.2, 0.25) is 0 Å². The number of nitrogens with two attached hydrogens (primary N) is 1. The Hall–Kier alpha value is -2.84. The summed E-state index contributed by atoms with van der Waals surface area (Å²) in [6.45, 7) is 5.87. The molecule has 0 heterocycles. The molecule has 0 amide bonds. The highest BCUT2D eigenvalue weighted by atomic mass is 16.6. The molecule has 0 aliphatic rings. The van der Waals surface area contributed by atoms with Crippen molar-refractivity contribution in [2.24, 2.45) is 5.73 Å². The standard InChI is InChI=1S/C21H24N2O3/c1-21(2,3)26-20(24)19(23)12-15-8-10-18(11-9-15)25-14-17-6-4-16(13-22)5-7-17/h4-11,19H,12,14,23H2,1-3H3. The van der Waals surface area contributed by atoms with Gasteiger partial charge in [-0.1, -0.05) is 24.3 Å². The molecule has 0 aromatic heterocycles. The lowest BCUT2D eigenvalue weighted by atomic mass is 10.1. The van der Waals surface area contributed by atoms with Crippen molar-refractivity contribution in [3.8, 4) is 11.8 Å². The van der Waals surface area contributed by atoms with Crippen molar-refractivity contribution < 1.29 is 14.3 Å². The zero-order chi connectivity index (χ0) is 19.2. The molecule has 5 nitrogen and oxygen atoms in total. The number of carbonyl (C=O) groups excluding carboxylic acids is 1. The van der Waals surface area contributed by atoms with E-state index in [0.29, 0.717) is 18.6 Å². The maximum Gasteiger partial charge on any atom is 0.323 e. The van der Waals surface area contributed by atoms with Crippen molar-refractivity contribution in [3.63, 3.8) is 0 Å². The Bertz CT molecular complexity index is 769. The normalized spacial score (nSPS) is 12.1. The minimum atomic E-state index is -0.695. The lowest BCUT2D eigenvalue weighted by molar-refractivity contribution is -0.156. The number of benzene rings is 2. The fraction of sp³-hybridized carbons (Fsp3) is 0.333. The number of carbonyl (C=O) groups is 1. The van der Waals surface area contributed by atoms with Crippen molar-refractivity contribution in [1.82, 2.24) is 0 Å². The van der Waals surface area contributed by atoms with Crippen LogP contribution in [-0.4, -0.2) is 17.6 Å². The van der Waals surface area contributed by atoms with Gasteiger partial charge in [-0.3, -0.25) is 4.79 Å². The van der Waals surface area contributed by atoms with Crippen LogP contribution in [0.5, 0.6) is 5.75 Å². The molecule has 2 aromatic carbocycles. The van der Waals surface area contributed by atoms with Gasteiger partial charge in [0.25, 0.3) is 0 Å². The minimum absolute atomic E-state index is 0.404. The van der Waals surface area contributed by atoms with Crippen LogP contribution in [0.4, 0.5) is 0 Å². The zero-order valence-electron chi connectivity index (χ0n) is 15.4. The maximum atomic E-state index is 11.9. The molecule has 0 aliphatic carbocycles. The minimum Gasteiger partial charge on any atom is -0.489 e. The first kappa shape index (κ1) is 19.5. The second-order valence-electron chi connectivity index (χ2n) is 7.09. The van der Waals surface area contributed by atoms with Crippen molar-refractivity contribution >= 4 is 5.97 Å². The fourth-order valence-corrected chi connectivity index (χ4v) is 2.28. The van der Waals surface area contributed by atoms with Gasteiger partial charge in [-0.2, -0.15) is 5.26 Å². The van der Waals surface area contributed by atoms with Crippen LogP contribution in [0.15, 0.2) is 48.5 Å². The summed E-state index contributed by atoms with van der Waals surface area (Å²) in [4.78, 5) is 11.9. The Kier molecular flexibility index (Phi) is 6.37. The van der Waals surface area contributed by atoms with Gasteiger partial charge in [-0.25, -0.2) is 0 Å². The first-order chi connectivity index (χ1) is 12.3. The third-order valence-corrected chi connectivity index (χ3v) is 3.58. The second kappa shape index (κ2) is 8.50. The Balaban J connectivity index is 1.87. The highest BCUT2D eigenvalue weighted by Gasteiger charge is 2.22. The summed E-state index contributed by atoms with van der Waals surface area (Å²) in [5.41, 5.74) is 7.93.